The second-order valence-electron chi connectivity index (χ2n) is 5.45. The van der Waals surface area contributed by atoms with Crippen LogP contribution in [0.25, 0.3) is 11.0 Å². The maximum absolute atomic E-state index is 13.0. The first-order valence-electron chi connectivity index (χ1n) is 7.53. The lowest BCUT2D eigenvalue weighted by atomic mass is 10.1. The summed E-state index contributed by atoms with van der Waals surface area (Å²) in [7, 11) is 0. The van der Waals surface area contributed by atoms with E-state index < -0.39 is 17.4 Å². The van der Waals surface area contributed by atoms with E-state index in [0.29, 0.717) is 17.8 Å². The van der Waals surface area contributed by atoms with E-state index in [4.69, 9.17) is 9.15 Å². The number of esters is 1. The van der Waals surface area contributed by atoms with Crippen LogP contribution in [0.4, 0.5) is 4.39 Å². The first-order chi connectivity index (χ1) is 11.5. The van der Waals surface area contributed by atoms with Gasteiger partial charge in [-0.2, -0.15) is 0 Å². The van der Waals surface area contributed by atoms with Crippen LogP contribution in [-0.4, -0.2) is 5.97 Å². The summed E-state index contributed by atoms with van der Waals surface area (Å²) in [4.78, 5) is 23.8. The van der Waals surface area contributed by atoms with Crippen molar-refractivity contribution in [1.82, 2.24) is 0 Å². The number of hydrogen-bond donors (Lipinski definition) is 0. The largest absolute Gasteiger partial charge is 0.423 e. The number of benzene rings is 2. The second kappa shape index (κ2) is 6.28. The highest BCUT2D eigenvalue weighted by Crippen LogP contribution is 2.28. The third kappa shape index (κ3) is 3.06. The molecule has 3 aromatic rings. The van der Waals surface area contributed by atoms with Crippen LogP contribution in [0.15, 0.2) is 51.7 Å². The number of rotatable bonds is 3. The summed E-state index contributed by atoms with van der Waals surface area (Å²) in [5.41, 5.74) is 1.76. The van der Waals surface area contributed by atoms with Gasteiger partial charge >= 0.3 is 11.6 Å². The lowest BCUT2D eigenvalue weighted by Gasteiger charge is -2.11. The molecule has 3 rings (SSSR count). The van der Waals surface area contributed by atoms with Gasteiger partial charge < -0.3 is 9.15 Å². The third-order valence-electron chi connectivity index (χ3n) is 3.80. The first kappa shape index (κ1) is 15.9. The predicted molar refractivity (Wildman–Crippen MR) is 88.0 cm³/mol. The van der Waals surface area contributed by atoms with Crippen molar-refractivity contribution < 1.29 is 18.3 Å². The van der Waals surface area contributed by atoms with Gasteiger partial charge in [-0.3, -0.25) is 0 Å². The SMILES string of the molecule is CCc1cc2c(C)cc(=O)oc2cc1OC(=O)c1ccc(F)cc1. The van der Waals surface area contributed by atoms with E-state index in [2.05, 4.69) is 0 Å². The minimum absolute atomic E-state index is 0.240. The number of halogens is 1. The molecule has 2 aromatic carbocycles. The zero-order valence-corrected chi connectivity index (χ0v) is 13.3. The van der Waals surface area contributed by atoms with Gasteiger partial charge in [0.15, 0.2) is 0 Å². The first-order valence-corrected chi connectivity index (χ1v) is 7.53. The summed E-state index contributed by atoms with van der Waals surface area (Å²) in [6.07, 6.45) is 0.639. The van der Waals surface area contributed by atoms with Gasteiger partial charge in [-0.15, -0.1) is 0 Å². The van der Waals surface area contributed by atoms with Crippen molar-refractivity contribution >= 4 is 16.9 Å². The Labute approximate surface area is 137 Å². The molecule has 0 aliphatic heterocycles. The molecule has 0 bridgehead atoms. The molecule has 0 unspecified atom stereocenters. The Kier molecular flexibility index (Phi) is 4.16. The van der Waals surface area contributed by atoms with E-state index in [0.717, 1.165) is 16.5 Å². The molecule has 0 N–H and O–H groups in total. The van der Waals surface area contributed by atoms with Crippen molar-refractivity contribution in [2.75, 3.05) is 0 Å². The molecule has 24 heavy (non-hydrogen) atoms. The quantitative estimate of drug-likeness (QED) is 0.414. The molecule has 5 heteroatoms. The van der Waals surface area contributed by atoms with Crippen LogP contribution in [0, 0.1) is 12.7 Å². The normalized spacial score (nSPS) is 10.8. The van der Waals surface area contributed by atoms with Gasteiger partial charge in [0.05, 0.1) is 5.56 Å². The molecule has 4 nitrogen and oxygen atoms in total. The molecular weight excluding hydrogens is 311 g/mol. The highest BCUT2D eigenvalue weighted by molar-refractivity contribution is 5.92. The van der Waals surface area contributed by atoms with Crippen molar-refractivity contribution in [2.45, 2.75) is 20.3 Å². The highest BCUT2D eigenvalue weighted by Gasteiger charge is 2.14. The molecule has 1 aromatic heterocycles. The molecule has 122 valence electrons. The van der Waals surface area contributed by atoms with Crippen LogP contribution >= 0.6 is 0 Å². The van der Waals surface area contributed by atoms with E-state index in [1.165, 1.54) is 30.3 Å². The molecule has 0 spiro atoms. The van der Waals surface area contributed by atoms with Gasteiger partial charge in [0.25, 0.3) is 0 Å². The second-order valence-corrected chi connectivity index (χ2v) is 5.45. The zero-order valence-electron chi connectivity index (χ0n) is 13.3. The van der Waals surface area contributed by atoms with E-state index in [1.54, 1.807) is 6.07 Å². The van der Waals surface area contributed by atoms with E-state index in [1.807, 2.05) is 19.9 Å². The smallest absolute Gasteiger partial charge is 0.343 e. The Morgan fingerprint density at radius 1 is 1.17 bits per heavy atom. The van der Waals surface area contributed by atoms with Crippen molar-refractivity contribution in [2.24, 2.45) is 0 Å². The van der Waals surface area contributed by atoms with Crippen LogP contribution in [-0.2, 0) is 6.42 Å². The van der Waals surface area contributed by atoms with E-state index in [9.17, 15) is 14.0 Å². The fourth-order valence-corrected chi connectivity index (χ4v) is 2.51. The van der Waals surface area contributed by atoms with Crippen molar-refractivity contribution in [3.8, 4) is 5.75 Å². The summed E-state index contributed by atoms with van der Waals surface area (Å²) in [5.74, 6) is -0.698. The number of aryl methyl sites for hydroxylation is 2. The summed E-state index contributed by atoms with van der Waals surface area (Å²) >= 11 is 0. The molecule has 0 aliphatic rings. The average Bonchev–Trinajstić information content (AvgIpc) is 2.54. The standard InChI is InChI=1S/C19H15FO4/c1-3-12-9-15-11(2)8-18(21)23-17(15)10-16(12)24-19(22)13-4-6-14(20)7-5-13/h4-10H,3H2,1-2H3. The van der Waals surface area contributed by atoms with Crippen LogP contribution in [0.2, 0.25) is 0 Å². The lowest BCUT2D eigenvalue weighted by molar-refractivity contribution is 0.0733. The number of carbonyl (C=O) groups is 1. The van der Waals surface area contributed by atoms with Crippen LogP contribution < -0.4 is 10.4 Å². The number of carbonyl (C=O) groups excluding carboxylic acids is 1. The zero-order chi connectivity index (χ0) is 17.3. The number of ether oxygens (including phenoxy) is 1. The maximum Gasteiger partial charge on any atom is 0.343 e. The molecule has 0 fully saturated rings. The minimum atomic E-state index is -0.598. The Bertz CT molecular complexity index is 971. The van der Waals surface area contributed by atoms with E-state index >= 15 is 0 Å². The van der Waals surface area contributed by atoms with Gasteiger partial charge in [-0.05, 0) is 54.8 Å². The molecule has 1 heterocycles. The topological polar surface area (TPSA) is 56.5 Å². The van der Waals surface area contributed by atoms with Gasteiger partial charge in [-0.25, -0.2) is 14.0 Å². The monoisotopic (exact) mass is 326 g/mol. The molecular formula is C19H15FO4. The summed E-state index contributed by atoms with van der Waals surface area (Å²) < 4.78 is 23.6. The van der Waals surface area contributed by atoms with Crippen molar-refractivity contribution in [3.63, 3.8) is 0 Å². The fourth-order valence-electron chi connectivity index (χ4n) is 2.51. The summed E-state index contributed by atoms with van der Waals surface area (Å²) in [6.45, 7) is 3.76. The van der Waals surface area contributed by atoms with Gasteiger partial charge in [-0.1, -0.05) is 6.92 Å². The van der Waals surface area contributed by atoms with Crippen LogP contribution in [0.1, 0.15) is 28.4 Å². The highest BCUT2D eigenvalue weighted by atomic mass is 19.1. The fraction of sp³-hybridized carbons (Fsp3) is 0.158. The Balaban J connectivity index is 2.03. The van der Waals surface area contributed by atoms with Gasteiger partial charge in [0, 0.05) is 17.5 Å². The molecule has 0 amide bonds. The number of hydrogen-bond acceptors (Lipinski definition) is 4. The third-order valence-corrected chi connectivity index (χ3v) is 3.80. The van der Waals surface area contributed by atoms with E-state index in [-0.39, 0.29) is 5.56 Å². The van der Waals surface area contributed by atoms with Crippen LogP contribution in [0.5, 0.6) is 5.75 Å². The summed E-state index contributed by atoms with van der Waals surface area (Å²) in [6, 6.07) is 9.92. The molecule has 0 saturated heterocycles. The van der Waals surface area contributed by atoms with Gasteiger partial charge in [0.1, 0.15) is 17.1 Å². The Morgan fingerprint density at radius 3 is 2.54 bits per heavy atom. The van der Waals surface area contributed by atoms with Crippen LogP contribution in [0.3, 0.4) is 0 Å². The molecule has 0 saturated carbocycles. The van der Waals surface area contributed by atoms with Gasteiger partial charge in [0.2, 0.25) is 0 Å². The Morgan fingerprint density at radius 2 is 1.88 bits per heavy atom. The molecule has 0 radical (unpaired) electrons. The van der Waals surface area contributed by atoms with Crippen molar-refractivity contribution in [3.05, 3.63) is 75.4 Å². The lowest BCUT2D eigenvalue weighted by Crippen LogP contribution is -2.10. The van der Waals surface area contributed by atoms with Crippen molar-refractivity contribution in [1.29, 1.82) is 0 Å². The predicted octanol–water partition coefficient (Wildman–Crippen LogP) is 4.02. The minimum Gasteiger partial charge on any atom is -0.423 e. The molecule has 0 aliphatic carbocycles. The number of fused-ring (bicyclic) bond motifs is 1. The summed E-state index contributed by atoms with van der Waals surface area (Å²) in [5, 5.41) is 0.799. The average molecular weight is 326 g/mol. The maximum atomic E-state index is 13.0. The molecule has 0 atom stereocenters. The Hall–Kier alpha value is -2.95.